The van der Waals surface area contributed by atoms with E-state index in [0.717, 1.165) is 32.1 Å². The highest BCUT2D eigenvalue weighted by Crippen LogP contribution is 2.27. The maximum Gasteiger partial charge on any atom is 0.245 e. The van der Waals surface area contributed by atoms with Crippen molar-refractivity contribution >= 4 is 59.1 Å². The molecule has 1 aromatic carbocycles. The van der Waals surface area contributed by atoms with Crippen molar-refractivity contribution in [2.24, 2.45) is 34.8 Å². The van der Waals surface area contributed by atoms with Crippen LogP contribution < -0.4 is 76.1 Å². The van der Waals surface area contributed by atoms with Crippen molar-refractivity contribution in [1.82, 2.24) is 53.2 Å². The summed E-state index contributed by atoms with van der Waals surface area (Å²) in [6.45, 7) is 4.97. The van der Waals surface area contributed by atoms with E-state index in [1.807, 2.05) is 0 Å². The fourth-order valence-corrected chi connectivity index (χ4v) is 9.29. The van der Waals surface area contributed by atoms with E-state index in [2.05, 4.69) is 53.2 Å². The molecule has 27 nitrogen and oxygen atoms in total. The van der Waals surface area contributed by atoms with Gasteiger partial charge in [0.25, 0.3) is 0 Å². The van der Waals surface area contributed by atoms with Crippen molar-refractivity contribution in [3.8, 4) is 0 Å². The van der Waals surface area contributed by atoms with E-state index in [9.17, 15) is 63.3 Å². The molecule has 1 aliphatic heterocycles. The van der Waals surface area contributed by atoms with Gasteiger partial charge in [-0.2, -0.15) is 0 Å². The van der Waals surface area contributed by atoms with Crippen LogP contribution in [0.25, 0.3) is 0 Å². The molecule has 21 N–H and O–H groups in total. The molecule has 3 unspecified atom stereocenters. The molecule has 3 rings (SSSR count). The van der Waals surface area contributed by atoms with Crippen LogP contribution in [0.2, 0.25) is 0 Å². The fraction of sp³-hybridized carbons (Fsp3) is 0.692. The minimum atomic E-state index is -1.67. The monoisotopic (exact) mass is 1120 g/mol. The molecule has 79 heavy (non-hydrogen) atoms. The third-order valence-corrected chi connectivity index (χ3v) is 13.7. The number of hydrogen-bond donors (Lipinski definition) is 17. The first kappa shape index (κ1) is 66.9. The molecule has 2 aliphatic rings. The largest absolute Gasteiger partial charge is 0.392 e. The predicted octanol–water partition coefficient (Wildman–Crippen LogP) is -5.35. The molecule has 27 heteroatoms. The standard InChI is InChI=1S/C52H88N14O13/c1-28(2)25-38-49(76)60-33(15-20-53)44(71)59-36(18-23-56)48(75)66-42(29(3)67)51(78)57-24-19-37(47(74)58-34(16-21-54)46(73)64-39(50(77)63-38)26-31-11-7-5-8-12-31)61-45(72)35(17-22-55)62-52(79)43(30(4)68)65-41(70)27-40(69)32-13-9-6-10-14-32/h5,7-8,11-12,28-30,32-40,42-43,67-69H,6,9-10,13-27,53-56H2,1-4H3,(H,57,78)(H,58,74)(H,59,71)(H,60,76)(H,61,72)(H,62,79)(H,63,77)(H,64,73)(H,65,70)(H,66,75)/t29?,30?,33-,34-,35-,36-,37-,38-,39+,40?,42-,43-/m0/s1. The highest BCUT2D eigenvalue weighted by Gasteiger charge is 2.37. The van der Waals surface area contributed by atoms with E-state index in [1.54, 1.807) is 44.2 Å². The van der Waals surface area contributed by atoms with Crippen molar-refractivity contribution in [1.29, 1.82) is 0 Å². The lowest BCUT2D eigenvalue weighted by atomic mass is 9.84. The van der Waals surface area contributed by atoms with Gasteiger partial charge in [0.05, 0.1) is 24.7 Å². The molecule has 12 atom stereocenters. The third kappa shape index (κ3) is 22.7. The van der Waals surface area contributed by atoms with Gasteiger partial charge < -0.3 is 91.4 Å². The number of carbonyl (C=O) groups excluding carboxylic acids is 10. The lowest BCUT2D eigenvalue weighted by Gasteiger charge is -2.29. The van der Waals surface area contributed by atoms with E-state index in [-0.39, 0.29) is 83.0 Å². The molecule has 444 valence electrons. The van der Waals surface area contributed by atoms with Crippen LogP contribution in [0.4, 0.5) is 0 Å². The molecule has 10 amide bonds. The van der Waals surface area contributed by atoms with E-state index in [0.29, 0.717) is 5.56 Å². The second kappa shape index (κ2) is 34.6. The first-order chi connectivity index (χ1) is 37.5. The number of carbonyl (C=O) groups is 10. The molecule has 0 bridgehead atoms. The van der Waals surface area contributed by atoms with Crippen LogP contribution in [-0.2, 0) is 54.4 Å². The number of aliphatic hydroxyl groups excluding tert-OH is 3. The van der Waals surface area contributed by atoms with Crippen LogP contribution in [-0.4, -0.2) is 180 Å². The molecule has 1 aliphatic carbocycles. The van der Waals surface area contributed by atoms with Crippen molar-refractivity contribution in [3.63, 3.8) is 0 Å². The lowest BCUT2D eigenvalue weighted by Crippen LogP contribution is -2.61. The van der Waals surface area contributed by atoms with Gasteiger partial charge in [0.1, 0.15) is 54.4 Å². The average Bonchev–Trinajstić information content (AvgIpc) is 3.40. The molecule has 1 aromatic rings. The summed E-state index contributed by atoms with van der Waals surface area (Å²) in [4.78, 5) is 140. The van der Waals surface area contributed by atoms with Crippen LogP contribution in [0, 0.1) is 11.8 Å². The van der Waals surface area contributed by atoms with Gasteiger partial charge in [0.2, 0.25) is 59.1 Å². The zero-order valence-electron chi connectivity index (χ0n) is 45.9. The van der Waals surface area contributed by atoms with Gasteiger partial charge in [-0.25, -0.2) is 0 Å². The number of benzene rings is 1. The number of nitrogens with two attached hydrogens (primary N) is 4. The number of aliphatic hydroxyl groups is 3. The Bertz CT molecular complexity index is 2170. The number of amides is 10. The predicted molar refractivity (Wildman–Crippen MR) is 290 cm³/mol. The highest BCUT2D eigenvalue weighted by molar-refractivity contribution is 5.99. The summed E-state index contributed by atoms with van der Waals surface area (Å²) in [6.07, 6.45) is -1.27. The number of hydrogen-bond acceptors (Lipinski definition) is 17. The second-order valence-corrected chi connectivity index (χ2v) is 20.8. The van der Waals surface area contributed by atoms with Crippen LogP contribution in [0.15, 0.2) is 30.3 Å². The Morgan fingerprint density at radius 2 is 1.10 bits per heavy atom. The molecular weight excluding hydrogens is 1030 g/mol. The second-order valence-electron chi connectivity index (χ2n) is 20.8. The number of nitrogens with one attached hydrogen (secondary N) is 10. The maximum absolute atomic E-state index is 14.5. The van der Waals surface area contributed by atoms with E-state index >= 15 is 0 Å². The van der Waals surface area contributed by atoms with Gasteiger partial charge in [-0.3, -0.25) is 47.9 Å². The lowest BCUT2D eigenvalue weighted by molar-refractivity contribution is -0.136. The Labute approximate surface area is 461 Å². The van der Waals surface area contributed by atoms with Crippen molar-refractivity contribution in [3.05, 3.63) is 35.9 Å². The van der Waals surface area contributed by atoms with E-state index in [4.69, 9.17) is 22.9 Å². The molecule has 0 radical (unpaired) electrons. The Hall–Kier alpha value is -6.36. The third-order valence-electron chi connectivity index (χ3n) is 13.7. The van der Waals surface area contributed by atoms with Crippen LogP contribution in [0.1, 0.15) is 110 Å². The molecule has 0 aromatic heterocycles. The van der Waals surface area contributed by atoms with Crippen LogP contribution in [0.3, 0.4) is 0 Å². The van der Waals surface area contributed by atoms with Crippen molar-refractivity contribution < 1.29 is 63.3 Å². The Morgan fingerprint density at radius 1 is 0.595 bits per heavy atom. The summed E-state index contributed by atoms with van der Waals surface area (Å²) in [6, 6.07) is -4.74. The Balaban J connectivity index is 2.08. The molecule has 0 spiro atoms. The smallest absolute Gasteiger partial charge is 0.245 e. The summed E-state index contributed by atoms with van der Waals surface area (Å²) >= 11 is 0. The molecule has 1 saturated carbocycles. The normalized spacial score (nSPS) is 24.8. The summed E-state index contributed by atoms with van der Waals surface area (Å²) < 4.78 is 0. The van der Waals surface area contributed by atoms with Gasteiger partial charge in [-0.15, -0.1) is 0 Å². The maximum atomic E-state index is 14.5. The van der Waals surface area contributed by atoms with Gasteiger partial charge in [0, 0.05) is 13.0 Å². The summed E-state index contributed by atoms with van der Waals surface area (Å²) in [5.74, 6) is -9.32. The quantitative estimate of drug-likeness (QED) is 0.0515. The number of rotatable bonds is 22. The highest BCUT2D eigenvalue weighted by atomic mass is 16.3. The van der Waals surface area contributed by atoms with Crippen LogP contribution >= 0.6 is 0 Å². The average molecular weight is 1120 g/mol. The molecular formula is C52H88N14O13. The Kier molecular flexibility index (Phi) is 29.3. The topological polar surface area (TPSA) is 456 Å². The van der Waals surface area contributed by atoms with Gasteiger partial charge in [-0.1, -0.05) is 63.4 Å². The minimum Gasteiger partial charge on any atom is -0.392 e. The van der Waals surface area contributed by atoms with Gasteiger partial charge >= 0.3 is 0 Å². The van der Waals surface area contributed by atoms with E-state index in [1.165, 1.54) is 13.8 Å². The first-order valence-corrected chi connectivity index (χ1v) is 27.4. The first-order valence-electron chi connectivity index (χ1n) is 27.4. The van der Waals surface area contributed by atoms with Crippen molar-refractivity contribution in [2.75, 3.05) is 32.7 Å². The zero-order chi connectivity index (χ0) is 58.8. The molecule has 2 fully saturated rings. The van der Waals surface area contributed by atoms with Crippen LogP contribution in [0.5, 0.6) is 0 Å². The summed E-state index contributed by atoms with van der Waals surface area (Å²) in [5.41, 5.74) is 24.1. The SMILES string of the molecule is CC(C)C[C@@H]1NC(=O)[C@@H](Cc2ccccc2)NC(=O)[C@H](CCN)NC(=O)[C@@H](NC(=O)[C@H](CCN)NC(=O)[C@@H](NC(=O)CC(O)C2CCCCC2)C(C)O)CCNC(=O)[C@H](C(C)O)NC(=O)[C@H](CCN)NC(=O)[C@H](CCN)NC1=O. The van der Waals surface area contributed by atoms with Gasteiger partial charge in [0.15, 0.2) is 0 Å². The van der Waals surface area contributed by atoms with Crippen molar-refractivity contribution in [2.45, 2.75) is 184 Å². The van der Waals surface area contributed by atoms with Gasteiger partial charge in [-0.05, 0) is 109 Å². The Morgan fingerprint density at radius 3 is 1.62 bits per heavy atom. The molecule has 1 heterocycles. The molecule has 1 saturated heterocycles. The zero-order valence-corrected chi connectivity index (χ0v) is 45.9. The fourth-order valence-electron chi connectivity index (χ4n) is 9.29. The summed E-state index contributed by atoms with van der Waals surface area (Å²) in [5, 5.41) is 57.6. The van der Waals surface area contributed by atoms with E-state index < -0.39 is 145 Å². The minimum absolute atomic E-state index is 0.0549. The summed E-state index contributed by atoms with van der Waals surface area (Å²) in [7, 11) is 0.